The molecule has 0 bridgehead atoms. The van der Waals surface area contributed by atoms with Crippen LogP contribution < -0.4 is 0 Å². The van der Waals surface area contributed by atoms with Crippen LogP contribution in [0.2, 0.25) is 0 Å². The first kappa shape index (κ1) is 27.1. The van der Waals surface area contributed by atoms with Crippen LogP contribution in [0.25, 0.3) is 60.8 Å². The zero-order chi connectivity index (χ0) is 32.1. The number of benzene rings is 7. The smallest absolute Gasteiger partial charge is 0.138 e. The van der Waals surface area contributed by atoms with Gasteiger partial charge >= 0.3 is 0 Å². The van der Waals surface area contributed by atoms with Crippen molar-refractivity contribution in [3.05, 3.63) is 192 Å². The van der Waals surface area contributed by atoms with Crippen molar-refractivity contribution >= 4 is 44.5 Å². The molecule has 7 aromatic carbocycles. The zero-order valence-corrected chi connectivity index (χ0v) is 27.3. The highest BCUT2D eigenvalue weighted by Crippen LogP contribution is 2.62. The van der Waals surface area contributed by atoms with Crippen LogP contribution in [0, 0.1) is 0 Å². The van der Waals surface area contributed by atoms with Crippen LogP contribution in [-0.2, 0) is 5.41 Å². The van der Waals surface area contributed by atoms with Gasteiger partial charge in [-0.25, -0.2) is 4.98 Å². The second-order valence-electron chi connectivity index (χ2n) is 13.1. The summed E-state index contributed by atoms with van der Waals surface area (Å²) >= 11 is 1.90. The van der Waals surface area contributed by atoms with Gasteiger partial charge in [0.25, 0.3) is 0 Å². The highest BCUT2D eigenvalue weighted by Gasteiger charge is 2.50. The van der Waals surface area contributed by atoms with E-state index in [-0.39, 0.29) is 0 Å². The number of fused-ring (bicyclic) bond motifs is 13. The fraction of sp³-hybridized carbons (Fsp3) is 0.0217. The second-order valence-corrected chi connectivity index (χ2v) is 14.2. The first-order chi connectivity index (χ1) is 24.3. The highest BCUT2D eigenvalue weighted by atomic mass is 32.2. The first-order valence-electron chi connectivity index (χ1n) is 16.8. The van der Waals surface area contributed by atoms with Gasteiger partial charge in [0.1, 0.15) is 5.82 Å². The molecule has 0 N–H and O–H groups in total. The molecule has 1 spiro atoms. The maximum Gasteiger partial charge on any atom is 0.138 e. The van der Waals surface area contributed by atoms with Crippen molar-refractivity contribution in [3.63, 3.8) is 0 Å². The van der Waals surface area contributed by atoms with Gasteiger partial charge in [0.05, 0.1) is 22.0 Å². The van der Waals surface area contributed by atoms with Gasteiger partial charge in [-0.05, 0) is 80.9 Å². The molecule has 2 nitrogen and oxygen atoms in total. The number of rotatable bonds is 2. The maximum absolute atomic E-state index is 5.37. The molecule has 0 atom stereocenters. The Balaban J connectivity index is 1.29. The third-order valence-electron chi connectivity index (χ3n) is 10.7. The Kier molecular flexibility index (Phi) is 5.56. The Morgan fingerprint density at radius 2 is 1.06 bits per heavy atom. The van der Waals surface area contributed by atoms with Crippen LogP contribution in [0.1, 0.15) is 22.3 Å². The lowest BCUT2D eigenvalue weighted by Crippen LogP contribution is -2.32. The molecular formula is C46H28N2S. The van der Waals surface area contributed by atoms with Gasteiger partial charge in [-0.1, -0.05) is 145 Å². The van der Waals surface area contributed by atoms with Crippen LogP contribution in [0.3, 0.4) is 0 Å². The van der Waals surface area contributed by atoms with Crippen LogP contribution in [-0.4, -0.2) is 9.55 Å². The number of nitrogens with zero attached hydrogens (tertiary/aromatic N) is 2. The quantitative estimate of drug-likeness (QED) is 0.187. The van der Waals surface area contributed by atoms with Crippen molar-refractivity contribution in [2.75, 3.05) is 0 Å². The summed E-state index contributed by atoms with van der Waals surface area (Å²) in [6.07, 6.45) is 0. The summed E-state index contributed by atoms with van der Waals surface area (Å²) in [6, 6.07) is 62.3. The molecule has 0 fully saturated rings. The molecule has 1 aliphatic carbocycles. The van der Waals surface area contributed by atoms with E-state index in [1.165, 1.54) is 70.6 Å². The highest BCUT2D eigenvalue weighted by molar-refractivity contribution is 7.99. The van der Waals surface area contributed by atoms with E-state index in [2.05, 4.69) is 174 Å². The third kappa shape index (κ3) is 3.60. The molecule has 0 radical (unpaired) electrons. The molecule has 0 amide bonds. The summed E-state index contributed by atoms with van der Waals surface area (Å²) < 4.78 is 2.40. The summed E-state index contributed by atoms with van der Waals surface area (Å²) in [5.74, 6) is 0.925. The van der Waals surface area contributed by atoms with E-state index in [1.54, 1.807) is 0 Å². The Morgan fingerprint density at radius 1 is 0.429 bits per heavy atom. The van der Waals surface area contributed by atoms with Crippen LogP contribution >= 0.6 is 11.8 Å². The minimum atomic E-state index is -0.439. The second kappa shape index (κ2) is 10.1. The number of pyridine rings is 1. The van der Waals surface area contributed by atoms with E-state index in [9.17, 15) is 0 Å². The number of para-hydroxylation sites is 2. The van der Waals surface area contributed by atoms with Crippen LogP contribution in [0.15, 0.2) is 180 Å². The topological polar surface area (TPSA) is 17.8 Å². The number of aromatic nitrogens is 2. The van der Waals surface area contributed by atoms with Gasteiger partial charge in [-0.15, -0.1) is 0 Å². The molecule has 0 saturated carbocycles. The Labute approximate surface area is 288 Å². The fourth-order valence-electron chi connectivity index (χ4n) is 8.70. The maximum atomic E-state index is 5.37. The van der Waals surface area contributed by atoms with E-state index < -0.39 is 5.41 Å². The SMILES string of the molecule is c1ccc(-c2cc(-n3c4ccccc4c4cc5c(cc43)C3(c4ccccc4S5)c4ccccc4-c4ccccc43)nc3ccccc23)cc1. The van der Waals surface area contributed by atoms with Crippen molar-refractivity contribution in [2.45, 2.75) is 15.2 Å². The van der Waals surface area contributed by atoms with Crippen LogP contribution in [0.4, 0.5) is 0 Å². The van der Waals surface area contributed by atoms with E-state index in [4.69, 9.17) is 4.98 Å². The molecule has 3 heteroatoms. The summed E-state index contributed by atoms with van der Waals surface area (Å²) in [4.78, 5) is 7.99. The minimum absolute atomic E-state index is 0.439. The minimum Gasteiger partial charge on any atom is -0.294 e. The number of hydrogen-bond acceptors (Lipinski definition) is 2. The summed E-state index contributed by atoms with van der Waals surface area (Å²) in [6.45, 7) is 0. The Morgan fingerprint density at radius 3 is 1.86 bits per heavy atom. The van der Waals surface area contributed by atoms with Crippen molar-refractivity contribution < 1.29 is 0 Å². The average Bonchev–Trinajstić information content (AvgIpc) is 3.65. The molecule has 0 unspecified atom stereocenters. The molecule has 3 heterocycles. The van der Waals surface area contributed by atoms with E-state index in [0.29, 0.717) is 0 Å². The molecule has 0 saturated heterocycles. The molecule has 2 aliphatic rings. The lowest BCUT2D eigenvalue weighted by atomic mass is 9.67. The van der Waals surface area contributed by atoms with Gasteiger partial charge in [-0.3, -0.25) is 4.57 Å². The Bertz CT molecular complexity index is 2770. The first-order valence-corrected chi connectivity index (χ1v) is 17.6. The lowest BCUT2D eigenvalue weighted by molar-refractivity contribution is 0.723. The molecule has 11 rings (SSSR count). The molecule has 9 aromatic rings. The molecular weight excluding hydrogens is 613 g/mol. The monoisotopic (exact) mass is 640 g/mol. The largest absolute Gasteiger partial charge is 0.294 e. The summed E-state index contributed by atoms with van der Waals surface area (Å²) in [7, 11) is 0. The normalized spacial score (nSPS) is 13.8. The summed E-state index contributed by atoms with van der Waals surface area (Å²) in [5.41, 5.74) is 13.3. The molecule has 228 valence electrons. The molecule has 2 aromatic heterocycles. The zero-order valence-electron chi connectivity index (χ0n) is 26.5. The van der Waals surface area contributed by atoms with Gasteiger partial charge < -0.3 is 0 Å². The van der Waals surface area contributed by atoms with Crippen molar-refractivity contribution in [1.29, 1.82) is 0 Å². The predicted molar refractivity (Wildman–Crippen MR) is 203 cm³/mol. The number of hydrogen-bond donors (Lipinski definition) is 0. The van der Waals surface area contributed by atoms with Crippen LogP contribution in [0.5, 0.6) is 0 Å². The molecule has 49 heavy (non-hydrogen) atoms. The van der Waals surface area contributed by atoms with Gasteiger partial charge in [0.2, 0.25) is 0 Å². The Hall–Kier alpha value is -5.90. The third-order valence-corrected chi connectivity index (χ3v) is 11.8. The summed E-state index contributed by atoms with van der Waals surface area (Å²) in [5, 5.41) is 3.63. The van der Waals surface area contributed by atoms with E-state index in [1.807, 2.05) is 11.8 Å². The van der Waals surface area contributed by atoms with E-state index >= 15 is 0 Å². The fourth-order valence-corrected chi connectivity index (χ4v) is 9.91. The standard InChI is InChI=1S/C46H28N2S/c1-2-14-29(15-3-1)34-27-45(47-40-23-11-6-18-32(34)40)48-41-24-12-7-19-33(41)35-26-44-39(28-42(35)48)46(38-22-10-13-25-43(38)49-44)36-20-8-4-16-30(36)31-17-5-9-21-37(31)46/h1-28H. The lowest BCUT2D eigenvalue weighted by Gasteiger charge is -2.39. The van der Waals surface area contributed by atoms with Gasteiger partial charge in [-0.2, -0.15) is 0 Å². The van der Waals surface area contributed by atoms with Gasteiger partial charge in [0.15, 0.2) is 0 Å². The predicted octanol–water partition coefficient (Wildman–Crippen LogP) is 11.8. The average molecular weight is 641 g/mol. The molecule has 1 aliphatic heterocycles. The van der Waals surface area contributed by atoms with Crippen molar-refractivity contribution in [3.8, 4) is 28.1 Å². The van der Waals surface area contributed by atoms with E-state index in [0.717, 1.165) is 22.2 Å². The van der Waals surface area contributed by atoms with Crippen molar-refractivity contribution in [1.82, 2.24) is 9.55 Å². The van der Waals surface area contributed by atoms with Gasteiger partial charge in [0, 0.05) is 25.9 Å². The van der Waals surface area contributed by atoms with Crippen molar-refractivity contribution in [2.24, 2.45) is 0 Å².